The van der Waals surface area contributed by atoms with Crippen molar-refractivity contribution < 1.29 is 0 Å². The summed E-state index contributed by atoms with van der Waals surface area (Å²) in [6.07, 6.45) is 1.08. The summed E-state index contributed by atoms with van der Waals surface area (Å²) in [5.74, 6) is 0. The normalized spacial score (nSPS) is 10.5. The maximum absolute atomic E-state index is 5.99. The van der Waals surface area contributed by atoms with E-state index in [1.165, 1.54) is 10.4 Å². The summed E-state index contributed by atoms with van der Waals surface area (Å²) in [5, 5.41) is 3.38. The third-order valence-corrected chi connectivity index (χ3v) is 5.00. The van der Waals surface area contributed by atoms with E-state index in [0.717, 1.165) is 27.5 Å². The van der Waals surface area contributed by atoms with Crippen molar-refractivity contribution in [2.75, 3.05) is 5.32 Å². The summed E-state index contributed by atoms with van der Waals surface area (Å²) >= 11 is 11.0. The van der Waals surface area contributed by atoms with Gasteiger partial charge in [0.15, 0.2) is 0 Å². The zero-order valence-electron chi connectivity index (χ0n) is 9.47. The molecule has 0 radical (unpaired) electrons. The van der Waals surface area contributed by atoms with Gasteiger partial charge in [-0.15, -0.1) is 11.3 Å². The van der Waals surface area contributed by atoms with Crippen molar-refractivity contribution in [3.63, 3.8) is 0 Å². The van der Waals surface area contributed by atoms with Gasteiger partial charge in [0.25, 0.3) is 0 Å². The molecule has 0 aliphatic heterocycles. The fraction of sp³-hybridized carbons (Fsp3) is 0.231. The van der Waals surface area contributed by atoms with E-state index in [2.05, 4.69) is 58.5 Å². The Labute approximate surface area is 119 Å². The maximum atomic E-state index is 5.99. The molecule has 0 saturated carbocycles. The van der Waals surface area contributed by atoms with Gasteiger partial charge in [-0.25, -0.2) is 0 Å². The van der Waals surface area contributed by atoms with E-state index < -0.39 is 0 Å². The number of rotatable bonds is 4. The summed E-state index contributed by atoms with van der Waals surface area (Å²) in [5.41, 5.74) is 2.50. The van der Waals surface area contributed by atoms with E-state index in [0.29, 0.717) is 0 Å². The van der Waals surface area contributed by atoms with Gasteiger partial charge in [0.2, 0.25) is 0 Å². The van der Waals surface area contributed by atoms with Crippen LogP contribution >= 0.6 is 38.9 Å². The zero-order chi connectivity index (χ0) is 12.3. The molecule has 90 valence electrons. The van der Waals surface area contributed by atoms with E-state index in [9.17, 15) is 0 Å². The van der Waals surface area contributed by atoms with Crippen molar-refractivity contribution in [1.82, 2.24) is 0 Å². The number of hydrogen-bond acceptors (Lipinski definition) is 2. The van der Waals surface area contributed by atoms with E-state index in [1.807, 2.05) is 0 Å². The fourth-order valence-electron chi connectivity index (χ4n) is 1.53. The minimum Gasteiger partial charge on any atom is -0.380 e. The molecular formula is C13H13BrClNS. The van der Waals surface area contributed by atoms with Crippen LogP contribution in [0.5, 0.6) is 0 Å². The van der Waals surface area contributed by atoms with Crippen molar-refractivity contribution in [3.8, 4) is 0 Å². The van der Waals surface area contributed by atoms with Crippen LogP contribution in [0, 0.1) is 0 Å². The Bertz CT molecular complexity index is 473. The second-order valence-corrected chi connectivity index (χ2v) is 6.33. The second kappa shape index (κ2) is 5.89. The standard InChI is InChI=1S/C13H13BrClNS/c1-2-9-3-5-10(6-4-9)16-8-11-7-12(14)13(15)17-11/h3-7,16H,2,8H2,1H3. The molecule has 0 spiro atoms. The van der Waals surface area contributed by atoms with Gasteiger partial charge in [0, 0.05) is 21.6 Å². The smallest absolute Gasteiger partial charge is 0.107 e. The summed E-state index contributed by atoms with van der Waals surface area (Å²) < 4.78 is 1.78. The average Bonchev–Trinajstić information content (AvgIpc) is 2.67. The highest BCUT2D eigenvalue weighted by Crippen LogP contribution is 2.32. The number of thiophene rings is 1. The summed E-state index contributed by atoms with van der Waals surface area (Å²) in [6.45, 7) is 2.97. The maximum Gasteiger partial charge on any atom is 0.107 e. The van der Waals surface area contributed by atoms with Crippen molar-refractivity contribution in [3.05, 3.63) is 49.6 Å². The lowest BCUT2D eigenvalue weighted by molar-refractivity contribution is 1.13. The van der Waals surface area contributed by atoms with Crippen LogP contribution in [-0.2, 0) is 13.0 Å². The van der Waals surface area contributed by atoms with Crippen LogP contribution < -0.4 is 5.32 Å². The summed E-state index contributed by atoms with van der Waals surface area (Å²) in [7, 11) is 0. The SMILES string of the molecule is CCc1ccc(NCc2cc(Br)c(Cl)s2)cc1. The number of aryl methyl sites for hydroxylation is 1. The van der Waals surface area contributed by atoms with Crippen LogP contribution in [0.15, 0.2) is 34.8 Å². The average molecular weight is 331 g/mol. The molecule has 1 heterocycles. The first-order valence-electron chi connectivity index (χ1n) is 5.45. The fourth-order valence-corrected chi connectivity index (χ4v) is 3.26. The molecule has 17 heavy (non-hydrogen) atoms. The predicted octanol–water partition coefficient (Wildman–Crippen LogP) is 5.34. The Morgan fingerprint density at radius 1 is 1.29 bits per heavy atom. The Morgan fingerprint density at radius 2 is 2.00 bits per heavy atom. The summed E-state index contributed by atoms with van der Waals surface area (Å²) in [4.78, 5) is 1.22. The Balaban J connectivity index is 1.97. The topological polar surface area (TPSA) is 12.0 Å². The van der Waals surface area contributed by atoms with Gasteiger partial charge in [0.05, 0.1) is 0 Å². The summed E-state index contributed by atoms with van der Waals surface area (Å²) in [6, 6.07) is 10.6. The van der Waals surface area contributed by atoms with E-state index >= 15 is 0 Å². The number of nitrogens with one attached hydrogen (secondary N) is 1. The molecular weight excluding hydrogens is 318 g/mol. The molecule has 0 aliphatic carbocycles. The Hall–Kier alpha value is -0.510. The van der Waals surface area contributed by atoms with Crippen LogP contribution in [0.3, 0.4) is 0 Å². The lowest BCUT2D eigenvalue weighted by Gasteiger charge is -2.05. The number of benzene rings is 1. The highest BCUT2D eigenvalue weighted by molar-refractivity contribution is 9.10. The first-order chi connectivity index (χ1) is 8.19. The largest absolute Gasteiger partial charge is 0.380 e. The van der Waals surface area contributed by atoms with Crippen molar-refractivity contribution in [1.29, 1.82) is 0 Å². The Kier molecular flexibility index (Phi) is 4.48. The molecule has 0 aliphatic rings. The molecule has 1 nitrogen and oxygen atoms in total. The molecule has 0 fully saturated rings. The molecule has 0 atom stereocenters. The monoisotopic (exact) mass is 329 g/mol. The molecule has 0 saturated heterocycles. The van der Waals surface area contributed by atoms with E-state index in [-0.39, 0.29) is 0 Å². The zero-order valence-corrected chi connectivity index (χ0v) is 12.6. The van der Waals surface area contributed by atoms with Gasteiger partial charge in [-0.05, 0) is 46.1 Å². The molecule has 4 heteroatoms. The Morgan fingerprint density at radius 3 is 2.53 bits per heavy atom. The highest BCUT2D eigenvalue weighted by atomic mass is 79.9. The number of anilines is 1. The minimum absolute atomic E-state index is 0.807. The minimum atomic E-state index is 0.807. The van der Waals surface area contributed by atoms with Crippen LogP contribution in [0.2, 0.25) is 4.34 Å². The lowest BCUT2D eigenvalue weighted by atomic mass is 10.1. The predicted molar refractivity (Wildman–Crippen MR) is 80.2 cm³/mol. The van der Waals surface area contributed by atoms with E-state index in [4.69, 9.17) is 11.6 Å². The van der Waals surface area contributed by atoms with Crippen LogP contribution in [0.4, 0.5) is 5.69 Å². The molecule has 2 aromatic rings. The van der Waals surface area contributed by atoms with Gasteiger partial charge >= 0.3 is 0 Å². The molecule has 0 unspecified atom stereocenters. The number of halogens is 2. The number of hydrogen-bond donors (Lipinski definition) is 1. The molecule has 1 aromatic carbocycles. The van der Waals surface area contributed by atoms with E-state index in [1.54, 1.807) is 11.3 Å². The lowest BCUT2D eigenvalue weighted by Crippen LogP contribution is -1.97. The highest BCUT2D eigenvalue weighted by Gasteiger charge is 2.03. The molecule has 0 bridgehead atoms. The van der Waals surface area contributed by atoms with Gasteiger partial charge in [0.1, 0.15) is 4.34 Å². The first-order valence-corrected chi connectivity index (χ1v) is 7.44. The molecule has 0 amide bonds. The van der Waals surface area contributed by atoms with Crippen molar-refractivity contribution in [2.24, 2.45) is 0 Å². The van der Waals surface area contributed by atoms with Gasteiger partial charge in [-0.3, -0.25) is 0 Å². The van der Waals surface area contributed by atoms with Crippen LogP contribution in [0.25, 0.3) is 0 Å². The van der Waals surface area contributed by atoms with Crippen molar-refractivity contribution >= 4 is 44.6 Å². The van der Waals surface area contributed by atoms with Gasteiger partial charge in [-0.1, -0.05) is 30.7 Å². The third-order valence-electron chi connectivity index (χ3n) is 2.53. The third kappa shape index (κ3) is 3.47. The molecule has 1 N–H and O–H groups in total. The first kappa shape index (κ1) is 12.9. The van der Waals surface area contributed by atoms with Crippen molar-refractivity contribution in [2.45, 2.75) is 19.9 Å². The van der Waals surface area contributed by atoms with Gasteiger partial charge < -0.3 is 5.32 Å². The van der Waals surface area contributed by atoms with Gasteiger partial charge in [-0.2, -0.15) is 0 Å². The second-order valence-electron chi connectivity index (χ2n) is 3.74. The quantitative estimate of drug-likeness (QED) is 0.798. The molecule has 2 rings (SSSR count). The van der Waals surface area contributed by atoms with Crippen LogP contribution in [-0.4, -0.2) is 0 Å². The van der Waals surface area contributed by atoms with Crippen LogP contribution in [0.1, 0.15) is 17.4 Å². The molecule has 1 aromatic heterocycles.